The number of benzene rings is 1. The van der Waals surface area contributed by atoms with Crippen molar-refractivity contribution in [3.05, 3.63) is 53.6 Å². The van der Waals surface area contributed by atoms with E-state index in [0.29, 0.717) is 30.3 Å². The Hall–Kier alpha value is -1.58. The average Bonchev–Trinajstić information content (AvgIpc) is 2.80. The number of hydrogen-bond acceptors (Lipinski definition) is 3. The van der Waals surface area contributed by atoms with Gasteiger partial charge in [-0.3, -0.25) is 0 Å². The van der Waals surface area contributed by atoms with Crippen molar-refractivity contribution in [3.63, 3.8) is 0 Å². The summed E-state index contributed by atoms with van der Waals surface area (Å²) in [6.45, 7) is 23.7. The number of aliphatic hydroxyl groups excluding tert-OH is 1. The Labute approximate surface area is 240 Å². The third-order valence-corrected chi connectivity index (χ3v) is 8.98. The number of rotatable bonds is 11. The van der Waals surface area contributed by atoms with Crippen LogP contribution in [-0.4, -0.2) is 23.6 Å². The van der Waals surface area contributed by atoms with Crippen LogP contribution in [0.3, 0.4) is 0 Å². The van der Waals surface area contributed by atoms with E-state index in [1.165, 1.54) is 30.4 Å². The number of aliphatic hydroxyl groups is 1. The number of ether oxygens (including phenoxy) is 2. The SMILES string of the molecule is CC(Oc1ccc(C(C(C)C)C(C)(C)CC(C)(C)C(C2=CCC(O)C=C2)C(C)(C)C)cc1)OC1CCCCC1. The van der Waals surface area contributed by atoms with Gasteiger partial charge in [0.2, 0.25) is 0 Å². The molecular weight excluding hydrogens is 480 g/mol. The molecule has 1 fully saturated rings. The van der Waals surface area contributed by atoms with Gasteiger partial charge < -0.3 is 14.6 Å². The van der Waals surface area contributed by atoms with Crippen LogP contribution in [0.1, 0.15) is 126 Å². The van der Waals surface area contributed by atoms with Gasteiger partial charge in [0, 0.05) is 0 Å². The molecule has 3 nitrogen and oxygen atoms in total. The minimum Gasteiger partial charge on any atom is -0.465 e. The molecule has 220 valence electrons. The zero-order chi connectivity index (χ0) is 29.0. The summed E-state index contributed by atoms with van der Waals surface area (Å²) in [5.74, 6) is 2.20. The van der Waals surface area contributed by atoms with Gasteiger partial charge in [-0.25, -0.2) is 0 Å². The third-order valence-electron chi connectivity index (χ3n) is 8.98. The van der Waals surface area contributed by atoms with Crippen LogP contribution in [0.5, 0.6) is 5.75 Å². The summed E-state index contributed by atoms with van der Waals surface area (Å²) < 4.78 is 12.3. The molecule has 0 aromatic heterocycles. The van der Waals surface area contributed by atoms with Crippen molar-refractivity contribution in [2.24, 2.45) is 28.1 Å². The van der Waals surface area contributed by atoms with E-state index in [4.69, 9.17) is 9.47 Å². The van der Waals surface area contributed by atoms with Crippen molar-refractivity contribution in [1.82, 2.24) is 0 Å². The second-order valence-corrected chi connectivity index (χ2v) is 15.2. The van der Waals surface area contributed by atoms with Gasteiger partial charge in [0.15, 0.2) is 6.29 Å². The molecule has 1 N–H and O–H groups in total. The van der Waals surface area contributed by atoms with E-state index < -0.39 is 0 Å². The predicted octanol–water partition coefficient (Wildman–Crippen LogP) is 9.85. The topological polar surface area (TPSA) is 38.7 Å². The van der Waals surface area contributed by atoms with E-state index in [1.54, 1.807) is 0 Å². The maximum atomic E-state index is 10.1. The van der Waals surface area contributed by atoms with Gasteiger partial charge >= 0.3 is 0 Å². The van der Waals surface area contributed by atoms with Gasteiger partial charge in [0.05, 0.1) is 12.2 Å². The summed E-state index contributed by atoms with van der Waals surface area (Å²) >= 11 is 0. The lowest BCUT2D eigenvalue weighted by Crippen LogP contribution is -2.41. The minimum absolute atomic E-state index is 0.0717. The van der Waals surface area contributed by atoms with Gasteiger partial charge in [-0.1, -0.05) is 112 Å². The Morgan fingerprint density at radius 3 is 2.00 bits per heavy atom. The van der Waals surface area contributed by atoms with Gasteiger partial charge in [0.25, 0.3) is 0 Å². The van der Waals surface area contributed by atoms with Gasteiger partial charge in [0.1, 0.15) is 5.75 Å². The fraction of sp³-hybridized carbons (Fsp3) is 0.722. The summed E-state index contributed by atoms with van der Waals surface area (Å²) in [4.78, 5) is 0. The summed E-state index contributed by atoms with van der Waals surface area (Å²) in [7, 11) is 0. The molecule has 0 bridgehead atoms. The maximum absolute atomic E-state index is 10.1. The van der Waals surface area contributed by atoms with E-state index in [1.807, 2.05) is 13.0 Å². The molecule has 0 aliphatic heterocycles. The van der Waals surface area contributed by atoms with E-state index in [2.05, 4.69) is 98.7 Å². The molecule has 3 heteroatoms. The van der Waals surface area contributed by atoms with Crippen molar-refractivity contribution in [3.8, 4) is 5.75 Å². The first-order valence-corrected chi connectivity index (χ1v) is 15.6. The zero-order valence-electron chi connectivity index (χ0n) is 26.7. The van der Waals surface area contributed by atoms with Crippen molar-refractivity contribution >= 4 is 0 Å². The van der Waals surface area contributed by atoms with Crippen molar-refractivity contribution < 1.29 is 14.6 Å². The highest BCUT2D eigenvalue weighted by molar-refractivity contribution is 5.32. The molecule has 0 saturated heterocycles. The van der Waals surface area contributed by atoms with Crippen LogP contribution in [0.4, 0.5) is 0 Å². The lowest BCUT2D eigenvalue weighted by atomic mass is 9.55. The van der Waals surface area contributed by atoms with Gasteiger partial charge in [-0.2, -0.15) is 0 Å². The minimum atomic E-state index is -0.354. The summed E-state index contributed by atoms with van der Waals surface area (Å²) in [5, 5.41) is 10.1. The molecule has 0 amide bonds. The molecule has 39 heavy (non-hydrogen) atoms. The summed E-state index contributed by atoms with van der Waals surface area (Å²) in [6.07, 6.45) is 14.2. The zero-order valence-corrected chi connectivity index (χ0v) is 26.7. The molecule has 0 radical (unpaired) electrons. The largest absolute Gasteiger partial charge is 0.465 e. The molecule has 3 rings (SSSR count). The number of allylic oxidation sites excluding steroid dienone is 2. The van der Waals surface area contributed by atoms with Gasteiger partial charge in [-0.15, -0.1) is 0 Å². The van der Waals surface area contributed by atoms with E-state index >= 15 is 0 Å². The smallest absolute Gasteiger partial charge is 0.197 e. The molecular formula is C36H58O3. The first-order valence-electron chi connectivity index (χ1n) is 15.6. The number of hydrogen-bond donors (Lipinski definition) is 1. The second kappa shape index (κ2) is 12.9. The Bertz CT molecular complexity index is 954. The van der Waals surface area contributed by atoms with Gasteiger partial charge in [-0.05, 0) is 89.9 Å². The molecule has 2 aliphatic carbocycles. The Morgan fingerprint density at radius 1 is 0.872 bits per heavy atom. The predicted molar refractivity (Wildman–Crippen MR) is 165 cm³/mol. The Morgan fingerprint density at radius 2 is 1.49 bits per heavy atom. The van der Waals surface area contributed by atoms with Crippen molar-refractivity contribution in [1.29, 1.82) is 0 Å². The normalized spacial score (nSPS) is 21.9. The quantitative estimate of drug-likeness (QED) is 0.285. The highest BCUT2D eigenvalue weighted by Crippen LogP contribution is 2.55. The first-order chi connectivity index (χ1) is 18.1. The molecule has 1 saturated carbocycles. The first kappa shape index (κ1) is 31.9. The monoisotopic (exact) mass is 538 g/mol. The Kier molecular flexibility index (Phi) is 10.6. The third kappa shape index (κ3) is 8.70. The summed E-state index contributed by atoms with van der Waals surface area (Å²) in [6, 6.07) is 8.81. The fourth-order valence-corrected chi connectivity index (χ4v) is 8.53. The molecule has 1 aromatic carbocycles. The summed E-state index contributed by atoms with van der Waals surface area (Å²) in [5.41, 5.74) is 3.02. The molecule has 4 unspecified atom stereocenters. The van der Waals surface area contributed by atoms with Crippen LogP contribution in [0, 0.1) is 28.1 Å². The fourth-order valence-electron chi connectivity index (χ4n) is 8.53. The van der Waals surface area contributed by atoms with Crippen molar-refractivity contribution in [2.75, 3.05) is 0 Å². The standard InChI is InChI=1S/C36H58O3/c1-25(2)32(27-18-22-31(23-19-27)39-26(3)38-30-14-12-11-13-15-30)35(7,8)24-36(9,10)33(34(4,5)6)28-16-20-29(37)21-17-28/h16-20,22-23,25-26,29-30,32-33,37H,11-15,21,24H2,1-10H3. The lowest BCUT2D eigenvalue weighted by molar-refractivity contribution is -0.116. The lowest BCUT2D eigenvalue weighted by Gasteiger charge is -2.50. The molecule has 2 aliphatic rings. The second-order valence-electron chi connectivity index (χ2n) is 15.2. The van der Waals surface area contributed by atoms with E-state index in [0.717, 1.165) is 25.0 Å². The van der Waals surface area contributed by atoms with Crippen molar-refractivity contribution in [2.45, 2.75) is 139 Å². The van der Waals surface area contributed by atoms with Crippen LogP contribution >= 0.6 is 0 Å². The van der Waals surface area contributed by atoms with E-state index in [9.17, 15) is 5.11 Å². The van der Waals surface area contributed by atoms with Crippen LogP contribution in [0.15, 0.2) is 48.1 Å². The van der Waals surface area contributed by atoms with Crippen LogP contribution in [-0.2, 0) is 4.74 Å². The van der Waals surface area contributed by atoms with Crippen LogP contribution in [0.25, 0.3) is 0 Å². The van der Waals surface area contributed by atoms with Crippen LogP contribution < -0.4 is 4.74 Å². The maximum Gasteiger partial charge on any atom is 0.197 e. The average molecular weight is 539 g/mol. The van der Waals surface area contributed by atoms with Crippen LogP contribution in [0.2, 0.25) is 0 Å². The molecule has 0 heterocycles. The van der Waals surface area contributed by atoms with E-state index in [-0.39, 0.29) is 28.6 Å². The molecule has 4 atom stereocenters. The molecule has 0 spiro atoms. The molecule has 1 aromatic rings. The highest BCUT2D eigenvalue weighted by Gasteiger charge is 2.45. The highest BCUT2D eigenvalue weighted by atomic mass is 16.7. The Balaban J connectivity index is 1.76.